The van der Waals surface area contributed by atoms with Crippen molar-refractivity contribution in [1.29, 1.82) is 0 Å². The highest BCUT2D eigenvalue weighted by molar-refractivity contribution is 9.10. The van der Waals surface area contributed by atoms with Gasteiger partial charge >= 0.3 is 0 Å². The molecular weight excluding hydrogens is 260 g/mol. The average Bonchev–Trinajstić information content (AvgIpc) is 2.48. The lowest BCUT2D eigenvalue weighted by Crippen LogP contribution is -2.43. The topological polar surface area (TPSA) is 24.1 Å². The Balaban J connectivity index is 1.58. The Morgan fingerprint density at radius 1 is 1.57 bits per heavy atom. The number of rotatable bonds is 5. The highest BCUT2D eigenvalue weighted by Crippen LogP contribution is 2.19. The lowest BCUT2D eigenvalue weighted by Gasteiger charge is -2.26. The van der Waals surface area contributed by atoms with Gasteiger partial charge < -0.3 is 10.6 Å². The Kier molecular flexibility index (Phi) is 3.99. The second-order valence-corrected chi connectivity index (χ2v) is 5.63. The molecule has 2 heterocycles. The smallest absolute Gasteiger partial charge is 0.0300 e. The number of nitrogens with one attached hydrogen (secondary N) is 2. The summed E-state index contributed by atoms with van der Waals surface area (Å²) in [5.74, 6) is 0.914. The number of thiophene rings is 1. The molecule has 1 aromatic heterocycles. The Morgan fingerprint density at radius 3 is 3.00 bits per heavy atom. The molecule has 0 aromatic carbocycles. The molecule has 1 saturated heterocycles. The minimum Gasteiger partial charge on any atom is -0.316 e. The van der Waals surface area contributed by atoms with E-state index in [2.05, 4.69) is 38.0 Å². The van der Waals surface area contributed by atoms with E-state index < -0.39 is 0 Å². The molecule has 0 amide bonds. The molecule has 2 nitrogen and oxygen atoms in total. The van der Waals surface area contributed by atoms with Crippen molar-refractivity contribution in [2.24, 2.45) is 5.92 Å². The van der Waals surface area contributed by atoms with E-state index in [9.17, 15) is 0 Å². The lowest BCUT2D eigenvalue weighted by molar-refractivity contribution is 0.322. The summed E-state index contributed by atoms with van der Waals surface area (Å²) < 4.78 is 1.20. The van der Waals surface area contributed by atoms with Crippen LogP contribution in [0.3, 0.4) is 0 Å². The molecule has 1 aromatic rings. The predicted molar refractivity (Wildman–Crippen MR) is 64.7 cm³/mol. The third-order valence-corrected chi connectivity index (χ3v) is 4.21. The van der Waals surface area contributed by atoms with Gasteiger partial charge in [-0.25, -0.2) is 0 Å². The van der Waals surface area contributed by atoms with E-state index in [0.717, 1.165) is 19.0 Å². The second kappa shape index (κ2) is 5.26. The van der Waals surface area contributed by atoms with Gasteiger partial charge in [0.25, 0.3) is 0 Å². The van der Waals surface area contributed by atoms with Gasteiger partial charge in [-0.2, -0.15) is 0 Å². The van der Waals surface area contributed by atoms with E-state index >= 15 is 0 Å². The van der Waals surface area contributed by atoms with Crippen LogP contribution in [0.5, 0.6) is 0 Å². The monoisotopic (exact) mass is 274 g/mol. The minimum atomic E-state index is 0.914. The van der Waals surface area contributed by atoms with Gasteiger partial charge in [-0.15, -0.1) is 11.3 Å². The SMILES string of the molecule is Brc1csc(CNCCC2CNC2)c1. The van der Waals surface area contributed by atoms with Crippen LogP contribution in [-0.4, -0.2) is 19.6 Å². The molecule has 1 aliphatic rings. The van der Waals surface area contributed by atoms with Crippen molar-refractivity contribution < 1.29 is 0 Å². The molecule has 78 valence electrons. The van der Waals surface area contributed by atoms with Gasteiger partial charge in [-0.3, -0.25) is 0 Å². The zero-order valence-electron chi connectivity index (χ0n) is 8.05. The highest BCUT2D eigenvalue weighted by Gasteiger charge is 2.15. The van der Waals surface area contributed by atoms with Crippen LogP contribution in [0.2, 0.25) is 0 Å². The zero-order chi connectivity index (χ0) is 9.80. The van der Waals surface area contributed by atoms with E-state index in [-0.39, 0.29) is 0 Å². The number of halogens is 1. The quantitative estimate of drug-likeness (QED) is 0.805. The van der Waals surface area contributed by atoms with Crippen molar-refractivity contribution in [3.63, 3.8) is 0 Å². The molecule has 14 heavy (non-hydrogen) atoms. The Morgan fingerprint density at radius 2 is 2.43 bits per heavy atom. The molecule has 0 radical (unpaired) electrons. The standard InChI is InChI=1S/C10H15BrN2S/c11-9-3-10(14-7-9)6-12-2-1-8-4-13-5-8/h3,7-8,12-13H,1-2,4-6H2. The van der Waals surface area contributed by atoms with E-state index in [1.54, 1.807) is 11.3 Å². The third kappa shape index (κ3) is 3.05. The maximum absolute atomic E-state index is 3.48. The summed E-state index contributed by atoms with van der Waals surface area (Å²) in [6.07, 6.45) is 1.31. The molecule has 0 atom stereocenters. The number of hydrogen-bond donors (Lipinski definition) is 2. The molecule has 2 N–H and O–H groups in total. The van der Waals surface area contributed by atoms with Crippen LogP contribution in [0, 0.1) is 5.92 Å². The summed E-state index contributed by atoms with van der Waals surface area (Å²) in [4.78, 5) is 1.41. The fraction of sp³-hybridized carbons (Fsp3) is 0.600. The summed E-state index contributed by atoms with van der Waals surface area (Å²) in [5, 5.41) is 8.90. The highest BCUT2D eigenvalue weighted by atomic mass is 79.9. The summed E-state index contributed by atoms with van der Waals surface area (Å²) >= 11 is 5.27. The van der Waals surface area contributed by atoms with Crippen LogP contribution in [-0.2, 0) is 6.54 Å². The normalized spacial score (nSPS) is 16.9. The maximum Gasteiger partial charge on any atom is 0.0300 e. The fourth-order valence-corrected chi connectivity index (χ4v) is 2.94. The second-order valence-electron chi connectivity index (χ2n) is 3.72. The van der Waals surface area contributed by atoms with Gasteiger partial charge in [0.2, 0.25) is 0 Å². The number of hydrogen-bond acceptors (Lipinski definition) is 3. The first kappa shape index (κ1) is 10.6. The molecule has 0 spiro atoms. The van der Waals surface area contributed by atoms with Crippen molar-refractivity contribution in [3.05, 3.63) is 20.8 Å². The largest absolute Gasteiger partial charge is 0.316 e. The summed E-state index contributed by atoms with van der Waals surface area (Å²) in [5.41, 5.74) is 0. The van der Waals surface area contributed by atoms with Gasteiger partial charge in [0.05, 0.1) is 0 Å². The van der Waals surface area contributed by atoms with Gasteiger partial charge in [0.15, 0.2) is 0 Å². The molecule has 2 rings (SSSR count). The summed E-state index contributed by atoms with van der Waals surface area (Å²) in [7, 11) is 0. The minimum absolute atomic E-state index is 0.914. The molecule has 1 aliphatic heterocycles. The Hall–Kier alpha value is 0.1000. The van der Waals surface area contributed by atoms with E-state index in [1.165, 1.54) is 28.9 Å². The molecule has 0 aliphatic carbocycles. The fourth-order valence-electron chi connectivity index (χ4n) is 1.52. The van der Waals surface area contributed by atoms with E-state index in [1.807, 2.05) is 0 Å². The van der Waals surface area contributed by atoms with Crippen LogP contribution >= 0.6 is 27.3 Å². The van der Waals surface area contributed by atoms with Gasteiger partial charge in [-0.1, -0.05) is 0 Å². The predicted octanol–water partition coefficient (Wildman–Crippen LogP) is 2.21. The van der Waals surface area contributed by atoms with Crippen molar-refractivity contribution in [1.82, 2.24) is 10.6 Å². The molecule has 4 heteroatoms. The molecule has 0 bridgehead atoms. The first-order valence-electron chi connectivity index (χ1n) is 4.99. The maximum atomic E-state index is 3.48. The average molecular weight is 275 g/mol. The first-order chi connectivity index (χ1) is 6.84. The molecular formula is C10H15BrN2S. The third-order valence-electron chi connectivity index (χ3n) is 2.52. The molecule has 0 unspecified atom stereocenters. The van der Waals surface area contributed by atoms with Gasteiger partial charge in [-0.05, 0) is 54.0 Å². The summed E-state index contributed by atoms with van der Waals surface area (Å²) in [6.45, 7) is 4.58. The van der Waals surface area contributed by atoms with Crippen molar-refractivity contribution >= 4 is 27.3 Å². The van der Waals surface area contributed by atoms with Crippen molar-refractivity contribution in [2.45, 2.75) is 13.0 Å². The van der Waals surface area contributed by atoms with E-state index in [0.29, 0.717) is 0 Å². The van der Waals surface area contributed by atoms with Crippen molar-refractivity contribution in [3.8, 4) is 0 Å². The summed E-state index contributed by atoms with van der Waals surface area (Å²) in [6, 6.07) is 2.18. The van der Waals surface area contributed by atoms with Crippen LogP contribution in [0.1, 0.15) is 11.3 Å². The van der Waals surface area contributed by atoms with Crippen LogP contribution in [0.25, 0.3) is 0 Å². The van der Waals surface area contributed by atoms with Crippen LogP contribution < -0.4 is 10.6 Å². The van der Waals surface area contributed by atoms with Crippen molar-refractivity contribution in [2.75, 3.05) is 19.6 Å². The Bertz CT molecular complexity index is 283. The molecule has 0 saturated carbocycles. The Labute approximate surface area is 97.2 Å². The molecule has 1 fully saturated rings. The van der Waals surface area contributed by atoms with Crippen LogP contribution in [0.15, 0.2) is 15.9 Å². The van der Waals surface area contributed by atoms with E-state index in [4.69, 9.17) is 0 Å². The van der Waals surface area contributed by atoms with Gasteiger partial charge in [0.1, 0.15) is 0 Å². The van der Waals surface area contributed by atoms with Crippen LogP contribution in [0.4, 0.5) is 0 Å². The first-order valence-corrected chi connectivity index (χ1v) is 6.66. The van der Waals surface area contributed by atoms with Gasteiger partial charge in [0, 0.05) is 21.3 Å². The lowest BCUT2D eigenvalue weighted by atomic mass is 10.00. The zero-order valence-corrected chi connectivity index (χ0v) is 10.5.